The smallest absolute Gasteiger partial charge is 0.0979 e. The van der Waals surface area contributed by atoms with Crippen LogP contribution < -0.4 is 4.72 Å². The molecule has 2 rings (SSSR count). The molecule has 2 aromatic rings. The Morgan fingerprint density at radius 2 is 1.70 bits per heavy atom. The lowest BCUT2D eigenvalue weighted by Crippen LogP contribution is -2.36. The maximum atomic E-state index is 12.4. The minimum atomic E-state index is -1.16. The summed E-state index contributed by atoms with van der Waals surface area (Å²) in [6, 6.07) is 15.6. The van der Waals surface area contributed by atoms with Crippen molar-refractivity contribution in [1.29, 1.82) is 0 Å². The van der Waals surface area contributed by atoms with E-state index in [0.29, 0.717) is 0 Å². The average molecular weight is 288 g/mol. The zero-order chi connectivity index (χ0) is 14.6. The summed E-state index contributed by atoms with van der Waals surface area (Å²) in [4.78, 5) is 4.39. The molecule has 0 radical (unpaired) electrons. The third-order valence-corrected chi connectivity index (χ3v) is 4.46. The van der Waals surface area contributed by atoms with Crippen LogP contribution in [-0.4, -0.2) is 13.9 Å². The van der Waals surface area contributed by atoms with Crippen LogP contribution in [0.5, 0.6) is 0 Å². The van der Waals surface area contributed by atoms with Gasteiger partial charge in [0.1, 0.15) is 0 Å². The van der Waals surface area contributed by atoms with E-state index >= 15 is 0 Å². The highest BCUT2D eigenvalue weighted by atomic mass is 32.2. The Morgan fingerprint density at radius 3 is 2.25 bits per heavy atom. The summed E-state index contributed by atoms with van der Waals surface area (Å²) >= 11 is 0. The van der Waals surface area contributed by atoms with Crippen LogP contribution >= 0.6 is 0 Å². The van der Waals surface area contributed by atoms with Crippen molar-refractivity contribution in [2.24, 2.45) is 0 Å². The molecule has 0 amide bonds. The number of benzene rings is 1. The topological polar surface area (TPSA) is 42.0 Å². The first-order valence-electron chi connectivity index (χ1n) is 6.62. The van der Waals surface area contributed by atoms with E-state index in [2.05, 4.69) is 9.71 Å². The third kappa shape index (κ3) is 3.74. The van der Waals surface area contributed by atoms with Crippen LogP contribution in [0.15, 0.2) is 54.7 Å². The number of hydrogen-bond donors (Lipinski definition) is 1. The van der Waals surface area contributed by atoms with E-state index in [0.717, 1.165) is 11.3 Å². The van der Waals surface area contributed by atoms with Crippen molar-refractivity contribution in [3.05, 3.63) is 66.0 Å². The highest BCUT2D eigenvalue weighted by Gasteiger charge is 2.25. The first-order valence-corrected chi connectivity index (χ1v) is 7.77. The lowest BCUT2D eigenvalue weighted by atomic mass is 10.0. The molecular weight excluding hydrogens is 268 g/mol. The number of hydrogen-bond acceptors (Lipinski definition) is 2. The molecule has 0 bridgehead atoms. The Kier molecular flexibility index (Phi) is 4.68. The number of rotatable bonds is 4. The van der Waals surface area contributed by atoms with Gasteiger partial charge in [0.05, 0.1) is 27.5 Å². The SMILES string of the molecule is CC(C)(C)[S@](=O)N[C@@H](c1ccccc1)c1ccccn1. The molecule has 2 atom stereocenters. The van der Waals surface area contributed by atoms with Crippen LogP contribution in [0.4, 0.5) is 0 Å². The number of aromatic nitrogens is 1. The first-order chi connectivity index (χ1) is 9.48. The maximum Gasteiger partial charge on any atom is 0.0979 e. The van der Waals surface area contributed by atoms with Gasteiger partial charge in [0.15, 0.2) is 0 Å². The van der Waals surface area contributed by atoms with E-state index in [1.807, 2.05) is 69.3 Å². The third-order valence-electron chi connectivity index (χ3n) is 2.90. The second kappa shape index (κ2) is 6.29. The molecular formula is C16H20N2OS. The number of pyridine rings is 1. The Hall–Kier alpha value is -1.52. The largest absolute Gasteiger partial charge is 0.259 e. The van der Waals surface area contributed by atoms with E-state index in [-0.39, 0.29) is 10.8 Å². The van der Waals surface area contributed by atoms with Crippen LogP contribution in [0.1, 0.15) is 38.1 Å². The van der Waals surface area contributed by atoms with Crippen molar-refractivity contribution >= 4 is 11.0 Å². The first kappa shape index (κ1) is 14.9. The van der Waals surface area contributed by atoms with Crippen molar-refractivity contribution < 1.29 is 4.21 Å². The zero-order valence-electron chi connectivity index (χ0n) is 12.0. The molecule has 0 saturated heterocycles. The number of nitrogens with one attached hydrogen (secondary N) is 1. The van der Waals surface area contributed by atoms with E-state index in [1.54, 1.807) is 6.20 Å². The van der Waals surface area contributed by atoms with Crippen molar-refractivity contribution in [2.75, 3.05) is 0 Å². The van der Waals surface area contributed by atoms with Gasteiger partial charge in [-0.2, -0.15) is 0 Å². The fourth-order valence-corrected chi connectivity index (χ4v) is 2.60. The van der Waals surface area contributed by atoms with Gasteiger partial charge in [0.25, 0.3) is 0 Å². The highest BCUT2D eigenvalue weighted by Crippen LogP contribution is 2.22. The van der Waals surface area contributed by atoms with E-state index in [9.17, 15) is 4.21 Å². The fraction of sp³-hybridized carbons (Fsp3) is 0.312. The predicted molar refractivity (Wildman–Crippen MR) is 83.6 cm³/mol. The molecule has 1 aromatic heterocycles. The number of nitrogens with zero attached hydrogens (tertiary/aromatic N) is 1. The van der Waals surface area contributed by atoms with Crippen molar-refractivity contribution in [2.45, 2.75) is 31.6 Å². The molecule has 106 valence electrons. The van der Waals surface area contributed by atoms with Crippen molar-refractivity contribution in [1.82, 2.24) is 9.71 Å². The summed E-state index contributed by atoms with van der Waals surface area (Å²) in [5.41, 5.74) is 1.93. The van der Waals surface area contributed by atoms with Gasteiger partial charge in [-0.15, -0.1) is 0 Å². The normalized spacial score (nSPS) is 14.8. The molecule has 0 aliphatic heterocycles. The van der Waals surface area contributed by atoms with Crippen LogP contribution in [0.2, 0.25) is 0 Å². The van der Waals surface area contributed by atoms with Gasteiger partial charge in [0, 0.05) is 6.20 Å². The monoisotopic (exact) mass is 288 g/mol. The Morgan fingerprint density at radius 1 is 1.05 bits per heavy atom. The summed E-state index contributed by atoms with van der Waals surface area (Å²) in [7, 11) is -1.16. The van der Waals surface area contributed by atoms with Crippen LogP contribution in [-0.2, 0) is 11.0 Å². The van der Waals surface area contributed by atoms with Crippen LogP contribution in [0.3, 0.4) is 0 Å². The minimum Gasteiger partial charge on any atom is -0.259 e. The Balaban J connectivity index is 2.34. The standard InChI is InChI=1S/C16H20N2OS/c1-16(2,3)20(19)18-15(13-9-5-4-6-10-13)14-11-7-8-12-17-14/h4-12,15,18H,1-3H3/t15-,20-/m0/s1. The summed E-state index contributed by atoms with van der Waals surface area (Å²) in [6.45, 7) is 5.86. The summed E-state index contributed by atoms with van der Waals surface area (Å²) in [5, 5.41) is 0. The molecule has 0 aliphatic rings. The summed E-state index contributed by atoms with van der Waals surface area (Å²) in [6.07, 6.45) is 1.76. The fourth-order valence-electron chi connectivity index (χ4n) is 1.78. The molecule has 0 saturated carbocycles. The second-order valence-corrected chi connectivity index (χ2v) is 7.60. The average Bonchev–Trinajstić information content (AvgIpc) is 2.45. The highest BCUT2D eigenvalue weighted by molar-refractivity contribution is 7.84. The molecule has 0 aliphatic carbocycles. The van der Waals surface area contributed by atoms with Gasteiger partial charge in [-0.05, 0) is 38.5 Å². The second-order valence-electron chi connectivity index (χ2n) is 5.60. The van der Waals surface area contributed by atoms with Gasteiger partial charge in [-0.1, -0.05) is 36.4 Å². The minimum absolute atomic E-state index is 0.169. The lowest BCUT2D eigenvalue weighted by Gasteiger charge is -2.24. The van der Waals surface area contributed by atoms with Gasteiger partial charge in [-0.3, -0.25) is 4.98 Å². The summed E-state index contributed by atoms with van der Waals surface area (Å²) in [5.74, 6) is 0. The van der Waals surface area contributed by atoms with Crippen molar-refractivity contribution in [3.63, 3.8) is 0 Å². The Labute approximate surface area is 123 Å². The van der Waals surface area contributed by atoms with Crippen molar-refractivity contribution in [3.8, 4) is 0 Å². The van der Waals surface area contributed by atoms with Gasteiger partial charge < -0.3 is 0 Å². The van der Waals surface area contributed by atoms with E-state index < -0.39 is 11.0 Å². The molecule has 0 unspecified atom stereocenters. The van der Waals surface area contributed by atoms with Gasteiger partial charge in [0.2, 0.25) is 0 Å². The van der Waals surface area contributed by atoms with Gasteiger partial charge in [-0.25, -0.2) is 8.93 Å². The molecule has 0 fully saturated rings. The van der Waals surface area contributed by atoms with Crippen LogP contribution in [0.25, 0.3) is 0 Å². The lowest BCUT2D eigenvalue weighted by molar-refractivity contribution is 0.620. The van der Waals surface area contributed by atoms with E-state index in [1.165, 1.54) is 0 Å². The molecule has 3 nitrogen and oxygen atoms in total. The Bertz CT molecular complexity index is 525. The molecule has 4 heteroatoms. The maximum absolute atomic E-state index is 12.4. The van der Waals surface area contributed by atoms with E-state index in [4.69, 9.17) is 0 Å². The molecule has 1 aromatic carbocycles. The molecule has 20 heavy (non-hydrogen) atoms. The molecule has 1 N–H and O–H groups in total. The quantitative estimate of drug-likeness (QED) is 0.938. The van der Waals surface area contributed by atoms with Gasteiger partial charge >= 0.3 is 0 Å². The summed E-state index contributed by atoms with van der Waals surface area (Å²) < 4.78 is 15.3. The molecule has 1 heterocycles. The zero-order valence-corrected chi connectivity index (χ0v) is 12.9. The predicted octanol–water partition coefficient (Wildman–Crippen LogP) is 3.22. The molecule has 0 spiro atoms. The van der Waals surface area contributed by atoms with Crippen LogP contribution in [0, 0.1) is 0 Å².